The number of rotatable bonds is 4. The van der Waals surface area contributed by atoms with Gasteiger partial charge in [0.25, 0.3) is 10.0 Å². The van der Waals surface area contributed by atoms with E-state index in [-0.39, 0.29) is 10.1 Å². The van der Waals surface area contributed by atoms with Gasteiger partial charge in [0.05, 0.1) is 9.83 Å². The average Bonchev–Trinajstić information content (AvgIpc) is 2.99. The Morgan fingerprint density at radius 3 is 2.55 bits per heavy atom. The van der Waals surface area contributed by atoms with Crippen LogP contribution in [0.4, 0.5) is 0 Å². The minimum atomic E-state index is -3.64. The van der Waals surface area contributed by atoms with Crippen molar-refractivity contribution in [3.05, 3.63) is 15.4 Å². The van der Waals surface area contributed by atoms with Crippen molar-refractivity contribution in [3.8, 4) is 0 Å². The van der Waals surface area contributed by atoms with Crippen LogP contribution in [-0.2, 0) is 14.8 Å². The van der Waals surface area contributed by atoms with Crippen LogP contribution in [0.3, 0.4) is 0 Å². The van der Waals surface area contributed by atoms with Crippen LogP contribution in [0.1, 0.15) is 25.3 Å². The largest absolute Gasteiger partial charge is 0.341 e. The molecule has 1 unspecified atom stereocenters. The van der Waals surface area contributed by atoms with Crippen molar-refractivity contribution in [1.82, 2.24) is 9.62 Å². The first-order valence-electron chi connectivity index (χ1n) is 6.38. The van der Waals surface area contributed by atoms with Gasteiger partial charge in [-0.3, -0.25) is 4.79 Å². The van der Waals surface area contributed by atoms with Gasteiger partial charge in [-0.2, -0.15) is 4.72 Å². The predicted molar refractivity (Wildman–Crippen MR) is 82.4 cm³/mol. The van der Waals surface area contributed by atoms with Crippen molar-refractivity contribution in [2.75, 3.05) is 13.1 Å². The summed E-state index contributed by atoms with van der Waals surface area (Å²) in [5, 5.41) is 0. The summed E-state index contributed by atoms with van der Waals surface area (Å²) >= 11 is 4.46. The van der Waals surface area contributed by atoms with E-state index in [1.165, 1.54) is 0 Å². The number of hydrogen-bond acceptors (Lipinski definition) is 4. The van der Waals surface area contributed by atoms with Gasteiger partial charge in [0.2, 0.25) is 5.91 Å². The SMILES string of the molecule is Cc1cc(S(=O)(=O)NC(C)C(=O)N2CCCC2)sc1Br. The molecule has 20 heavy (non-hydrogen) atoms. The fraction of sp³-hybridized carbons (Fsp3) is 0.583. The molecule has 1 aliphatic heterocycles. The van der Waals surface area contributed by atoms with Crippen molar-refractivity contribution in [3.63, 3.8) is 0 Å². The molecule has 1 aromatic rings. The summed E-state index contributed by atoms with van der Waals surface area (Å²) in [7, 11) is -3.64. The molecular formula is C12H17BrN2O3S2. The molecule has 0 spiro atoms. The van der Waals surface area contributed by atoms with Crippen molar-refractivity contribution >= 4 is 43.2 Å². The number of amides is 1. The summed E-state index contributed by atoms with van der Waals surface area (Å²) in [6.07, 6.45) is 1.98. The Morgan fingerprint density at radius 2 is 2.05 bits per heavy atom. The molecule has 0 saturated carbocycles. The van der Waals surface area contributed by atoms with Gasteiger partial charge in [-0.1, -0.05) is 0 Å². The second-order valence-corrected chi connectivity index (χ2v) is 9.21. The van der Waals surface area contributed by atoms with Crippen LogP contribution in [0.25, 0.3) is 0 Å². The van der Waals surface area contributed by atoms with Crippen LogP contribution >= 0.6 is 27.3 Å². The fourth-order valence-electron chi connectivity index (χ4n) is 2.12. The van der Waals surface area contributed by atoms with Gasteiger partial charge in [-0.25, -0.2) is 8.42 Å². The molecule has 0 aromatic carbocycles. The number of likely N-dealkylation sites (tertiary alicyclic amines) is 1. The molecule has 8 heteroatoms. The number of halogens is 1. The molecular weight excluding hydrogens is 364 g/mol. The van der Waals surface area contributed by atoms with Crippen LogP contribution in [0.5, 0.6) is 0 Å². The van der Waals surface area contributed by atoms with Crippen LogP contribution in [0, 0.1) is 6.92 Å². The topological polar surface area (TPSA) is 66.5 Å². The van der Waals surface area contributed by atoms with Gasteiger partial charge in [0.15, 0.2) is 0 Å². The van der Waals surface area contributed by atoms with E-state index in [1.54, 1.807) is 17.9 Å². The molecule has 0 radical (unpaired) electrons. The second-order valence-electron chi connectivity index (χ2n) is 4.90. The zero-order valence-corrected chi connectivity index (χ0v) is 14.6. The molecule has 1 fully saturated rings. The number of aryl methyl sites for hydroxylation is 1. The van der Waals surface area contributed by atoms with Gasteiger partial charge < -0.3 is 4.90 Å². The average molecular weight is 381 g/mol. The van der Waals surface area contributed by atoms with Crippen LogP contribution in [0.15, 0.2) is 14.1 Å². The third kappa shape index (κ3) is 3.41. The van der Waals surface area contributed by atoms with E-state index in [9.17, 15) is 13.2 Å². The smallest absolute Gasteiger partial charge is 0.250 e. The third-order valence-electron chi connectivity index (χ3n) is 3.22. The number of hydrogen-bond donors (Lipinski definition) is 1. The number of sulfonamides is 1. The third-order valence-corrected chi connectivity index (χ3v) is 7.37. The summed E-state index contributed by atoms with van der Waals surface area (Å²) in [5.41, 5.74) is 0.869. The van der Waals surface area contributed by atoms with Gasteiger partial charge in [-0.05, 0) is 54.2 Å². The Morgan fingerprint density at radius 1 is 1.45 bits per heavy atom. The highest BCUT2D eigenvalue weighted by Gasteiger charge is 2.28. The number of nitrogens with zero attached hydrogens (tertiary/aromatic N) is 1. The van der Waals surface area contributed by atoms with E-state index in [4.69, 9.17) is 0 Å². The summed E-state index contributed by atoms with van der Waals surface area (Å²) in [6.45, 7) is 4.86. The highest BCUT2D eigenvalue weighted by molar-refractivity contribution is 9.11. The van der Waals surface area contributed by atoms with Gasteiger partial charge >= 0.3 is 0 Å². The molecule has 1 atom stereocenters. The van der Waals surface area contributed by atoms with Crippen LogP contribution in [-0.4, -0.2) is 38.4 Å². The lowest BCUT2D eigenvalue weighted by Gasteiger charge is -2.20. The Hall–Kier alpha value is -0.440. The molecule has 1 amide bonds. The summed E-state index contributed by atoms with van der Waals surface area (Å²) < 4.78 is 27.9. The molecule has 2 rings (SSSR count). The predicted octanol–water partition coefficient (Wildman–Crippen LogP) is 2.11. The molecule has 112 valence electrons. The lowest BCUT2D eigenvalue weighted by molar-refractivity contribution is -0.131. The molecule has 1 N–H and O–H groups in total. The Balaban J connectivity index is 2.09. The molecule has 1 aromatic heterocycles. The maximum atomic E-state index is 12.2. The normalized spacial score (nSPS) is 17.4. The molecule has 2 heterocycles. The first kappa shape index (κ1) is 15.9. The number of carbonyl (C=O) groups excluding carboxylic acids is 1. The minimum Gasteiger partial charge on any atom is -0.341 e. The van der Waals surface area contributed by atoms with E-state index in [2.05, 4.69) is 20.7 Å². The lowest BCUT2D eigenvalue weighted by Crippen LogP contribution is -2.45. The first-order valence-corrected chi connectivity index (χ1v) is 9.47. The zero-order chi connectivity index (χ0) is 14.9. The second kappa shape index (κ2) is 6.13. The first-order chi connectivity index (χ1) is 9.31. The fourth-order valence-corrected chi connectivity index (χ4v) is 5.56. The van der Waals surface area contributed by atoms with Crippen molar-refractivity contribution in [1.29, 1.82) is 0 Å². The highest BCUT2D eigenvalue weighted by Crippen LogP contribution is 2.30. The Labute approximate surface area is 131 Å². The summed E-state index contributed by atoms with van der Waals surface area (Å²) in [6, 6.07) is 0.865. The zero-order valence-electron chi connectivity index (χ0n) is 11.3. The quantitative estimate of drug-likeness (QED) is 0.869. The molecule has 0 aliphatic carbocycles. The Bertz CT molecular complexity index is 587. The van der Waals surface area contributed by atoms with Crippen molar-refractivity contribution < 1.29 is 13.2 Å². The number of carbonyl (C=O) groups is 1. The standard InChI is InChI=1S/C12H17BrN2O3S2/c1-8-7-10(19-11(8)13)20(17,18)14-9(2)12(16)15-5-3-4-6-15/h7,9,14H,3-6H2,1-2H3. The van der Waals surface area contributed by atoms with Crippen LogP contribution < -0.4 is 4.72 Å². The number of nitrogens with one attached hydrogen (secondary N) is 1. The van der Waals surface area contributed by atoms with Gasteiger partial charge in [0.1, 0.15) is 4.21 Å². The minimum absolute atomic E-state index is 0.154. The van der Waals surface area contributed by atoms with E-state index in [1.807, 2.05) is 6.92 Å². The molecule has 5 nitrogen and oxygen atoms in total. The highest BCUT2D eigenvalue weighted by atomic mass is 79.9. The monoisotopic (exact) mass is 380 g/mol. The molecule has 0 bridgehead atoms. The van der Waals surface area contributed by atoms with E-state index >= 15 is 0 Å². The van der Waals surface area contributed by atoms with Gasteiger partial charge in [0, 0.05) is 13.1 Å². The Kier molecular flexibility index (Phi) is 4.88. The molecule has 1 aliphatic rings. The van der Waals surface area contributed by atoms with Crippen molar-refractivity contribution in [2.24, 2.45) is 0 Å². The maximum Gasteiger partial charge on any atom is 0.250 e. The summed E-state index contributed by atoms with van der Waals surface area (Å²) in [4.78, 5) is 13.8. The van der Waals surface area contributed by atoms with E-state index < -0.39 is 16.1 Å². The summed E-state index contributed by atoms with van der Waals surface area (Å²) in [5.74, 6) is -0.154. The van der Waals surface area contributed by atoms with E-state index in [0.29, 0.717) is 13.1 Å². The van der Waals surface area contributed by atoms with Gasteiger partial charge in [-0.15, -0.1) is 11.3 Å². The lowest BCUT2D eigenvalue weighted by atomic mass is 10.3. The maximum absolute atomic E-state index is 12.2. The van der Waals surface area contributed by atoms with E-state index in [0.717, 1.165) is 33.5 Å². The van der Waals surface area contributed by atoms with Crippen molar-refractivity contribution in [2.45, 2.75) is 36.9 Å². The van der Waals surface area contributed by atoms with Crippen LogP contribution in [0.2, 0.25) is 0 Å². The number of thiophene rings is 1. The molecule has 1 saturated heterocycles.